The number of ether oxygens (including phenoxy) is 4. The lowest BCUT2D eigenvalue weighted by atomic mass is 9.81. The van der Waals surface area contributed by atoms with Gasteiger partial charge in [-0.1, -0.05) is 47.6 Å². The van der Waals surface area contributed by atoms with E-state index < -0.39 is 29.1 Å². The number of aliphatic hydroxyl groups excluding tert-OH is 1. The zero-order valence-corrected chi connectivity index (χ0v) is 27.8. The van der Waals surface area contributed by atoms with E-state index in [1.54, 1.807) is 52.1 Å². The van der Waals surface area contributed by atoms with E-state index in [1.807, 2.05) is 48.5 Å². The van der Waals surface area contributed by atoms with E-state index in [0.717, 1.165) is 5.56 Å². The van der Waals surface area contributed by atoms with Crippen LogP contribution in [0, 0.1) is 0 Å². The first kappa shape index (κ1) is 35.8. The third-order valence-electron chi connectivity index (χ3n) is 7.67. The van der Waals surface area contributed by atoms with Crippen LogP contribution in [-0.2, 0) is 32.0 Å². The SMILES string of the molecule is COc1ccccc1CCNC(=O)[C@]1(CCC(=O)OC(C)(C)C)N=C(c2ccc(OCCCO)cc2)O[C@@H]1c1ccccc1CN=[N+]=[N-]. The molecule has 2 atom stereocenters. The number of hydrogen-bond acceptors (Lipinski definition) is 9. The maximum absolute atomic E-state index is 14.5. The second-order valence-corrected chi connectivity index (χ2v) is 12.3. The molecule has 0 radical (unpaired) electrons. The van der Waals surface area contributed by atoms with Gasteiger partial charge in [0.05, 0.1) is 20.3 Å². The van der Waals surface area contributed by atoms with Gasteiger partial charge in [-0.15, -0.1) is 0 Å². The molecule has 3 aromatic rings. The molecule has 3 aromatic carbocycles. The van der Waals surface area contributed by atoms with Crippen molar-refractivity contribution in [1.29, 1.82) is 0 Å². The third kappa shape index (κ3) is 9.27. The van der Waals surface area contributed by atoms with E-state index in [1.165, 1.54) is 0 Å². The van der Waals surface area contributed by atoms with E-state index >= 15 is 0 Å². The first-order chi connectivity index (χ1) is 23.1. The number of amides is 1. The molecule has 4 rings (SSSR count). The summed E-state index contributed by atoms with van der Waals surface area (Å²) in [4.78, 5) is 35.4. The summed E-state index contributed by atoms with van der Waals surface area (Å²) in [5.74, 6) is 0.628. The summed E-state index contributed by atoms with van der Waals surface area (Å²) in [6, 6.07) is 21.9. The van der Waals surface area contributed by atoms with Crippen molar-refractivity contribution in [3.8, 4) is 11.5 Å². The molecule has 0 saturated carbocycles. The maximum atomic E-state index is 14.5. The molecule has 0 aliphatic carbocycles. The standard InChI is InChI=1S/C36H43N5O7/c1-35(2,3)48-31(43)18-20-36(34(44)38-21-19-25-10-6-8-13-30(25)45-4)32(29-12-7-5-11-27(29)24-39-41-37)47-33(40-36)26-14-16-28(17-15-26)46-23-9-22-42/h5-8,10-17,32,42H,9,18-24H2,1-4H3,(H,38,44)/t32-,36-/m1/s1. The molecular formula is C36H43N5O7. The second kappa shape index (κ2) is 16.7. The first-order valence-corrected chi connectivity index (χ1v) is 15.9. The number of esters is 1. The van der Waals surface area contributed by atoms with Crippen molar-refractivity contribution in [3.63, 3.8) is 0 Å². The predicted molar refractivity (Wildman–Crippen MR) is 181 cm³/mol. The Morgan fingerprint density at radius 1 is 1.06 bits per heavy atom. The number of hydrogen-bond donors (Lipinski definition) is 2. The maximum Gasteiger partial charge on any atom is 0.306 e. The van der Waals surface area contributed by atoms with Gasteiger partial charge in [0.15, 0.2) is 11.6 Å². The highest BCUT2D eigenvalue weighted by atomic mass is 16.6. The van der Waals surface area contributed by atoms with Crippen LogP contribution in [0.15, 0.2) is 82.9 Å². The zero-order valence-electron chi connectivity index (χ0n) is 27.8. The van der Waals surface area contributed by atoms with E-state index in [-0.39, 0.29) is 38.4 Å². The van der Waals surface area contributed by atoms with Gasteiger partial charge in [0.2, 0.25) is 5.90 Å². The highest BCUT2D eigenvalue weighted by molar-refractivity contribution is 6.01. The molecule has 0 aromatic heterocycles. The van der Waals surface area contributed by atoms with Crippen LogP contribution in [0.4, 0.5) is 0 Å². The molecule has 1 aliphatic heterocycles. The number of aliphatic hydroxyl groups is 1. The molecule has 1 aliphatic rings. The Hall–Kier alpha value is -5.06. The quantitative estimate of drug-likeness (QED) is 0.0627. The molecule has 12 heteroatoms. The average Bonchev–Trinajstić information content (AvgIpc) is 3.47. The van der Waals surface area contributed by atoms with Gasteiger partial charge in [-0.3, -0.25) is 9.59 Å². The fraction of sp³-hybridized carbons (Fsp3) is 0.417. The molecule has 0 unspecified atom stereocenters. The van der Waals surface area contributed by atoms with E-state index in [2.05, 4.69) is 15.3 Å². The zero-order chi connectivity index (χ0) is 34.6. The van der Waals surface area contributed by atoms with E-state index in [9.17, 15) is 9.59 Å². The predicted octanol–water partition coefficient (Wildman–Crippen LogP) is 6.00. The number of rotatable bonds is 16. The van der Waals surface area contributed by atoms with Crippen molar-refractivity contribution >= 4 is 17.8 Å². The molecule has 12 nitrogen and oxygen atoms in total. The summed E-state index contributed by atoms with van der Waals surface area (Å²) in [5, 5.41) is 15.9. The smallest absolute Gasteiger partial charge is 0.306 e. The molecule has 1 amide bonds. The Balaban J connectivity index is 1.75. The normalized spacial score (nSPS) is 17.0. The summed E-state index contributed by atoms with van der Waals surface area (Å²) in [6.45, 7) is 6.03. The summed E-state index contributed by atoms with van der Waals surface area (Å²) < 4.78 is 23.4. The van der Waals surface area contributed by atoms with Crippen molar-refractivity contribution in [1.82, 2.24) is 5.32 Å². The highest BCUT2D eigenvalue weighted by Gasteiger charge is 2.53. The largest absolute Gasteiger partial charge is 0.496 e. The highest BCUT2D eigenvalue weighted by Crippen LogP contribution is 2.44. The molecule has 2 N–H and O–H groups in total. The van der Waals surface area contributed by atoms with Gasteiger partial charge < -0.3 is 29.4 Å². The minimum absolute atomic E-state index is 0.0191. The van der Waals surface area contributed by atoms with Crippen molar-refractivity contribution in [2.75, 3.05) is 26.9 Å². The van der Waals surface area contributed by atoms with Crippen molar-refractivity contribution in [2.24, 2.45) is 10.1 Å². The van der Waals surface area contributed by atoms with Crippen LogP contribution >= 0.6 is 0 Å². The minimum atomic E-state index is -1.59. The van der Waals surface area contributed by atoms with Crippen LogP contribution in [0.25, 0.3) is 10.4 Å². The van der Waals surface area contributed by atoms with Crippen LogP contribution in [0.3, 0.4) is 0 Å². The monoisotopic (exact) mass is 657 g/mol. The van der Waals surface area contributed by atoms with Crippen LogP contribution in [0.2, 0.25) is 0 Å². The van der Waals surface area contributed by atoms with Gasteiger partial charge in [0.1, 0.15) is 17.1 Å². The van der Waals surface area contributed by atoms with Crippen molar-refractivity contribution < 1.29 is 33.6 Å². The number of carbonyl (C=O) groups is 2. The number of benzene rings is 3. The molecule has 48 heavy (non-hydrogen) atoms. The molecule has 254 valence electrons. The van der Waals surface area contributed by atoms with Gasteiger partial charge in [-0.05, 0) is 86.2 Å². The summed E-state index contributed by atoms with van der Waals surface area (Å²) >= 11 is 0. The van der Waals surface area contributed by atoms with Gasteiger partial charge >= 0.3 is 5.97 Å². The Morgan fingerprint density at radius 3 is 2.46 bits per heavy atom. The Morgan fingerprint density at radius 2 is 1.77 bits per heavy atom. The van der Waals surface area contributed by atoms with Crippen molar-refractivity contribution in [2.45, 2.75) is 70.2 Å². The topological polar surface area (TPSA) is 164 Å². The number of nitrogens with one attached hydrogen (secondary N) is 1. The van der Waals surface area contributed by atoms with Crippen molar-refractivity contribution in [3.05, 3.63) is 105 Å². The number of carbonyl (C=O) groups excluding carboxylic acids is 2. The molecule has 1 heterocycles. The Labute approximate surface area is 280 Å². The van der Waals surface area contributed by atoms with Gasteiger partial charge in [-0.2, -0.15) is 0 Å². The Bertz CT molecular complexity index is 1630. The number of azide groups is 1. The van der Waals surface area contributed by atoms with Crippen LogP contribution < -0.4 is 14.8 Å². The fourth-order valence-electron chi connectivity index (χ4n) is 5.45. The van der Waals surface area contributed by atoms with Crippen LogP contribution in [0.5, 0.6) is 11.5 Å². The van der Waals surface area contributed by atoms with Gasteiger partial charge in [-0.25, -0.2) is 4.99 Å². The lowest BCUT2D eigenvalue weighted by Crippen LogP contribution is -2.49. The first-order valence-electron chi connectivity index (χ1n) is 15.9. The lowest BCUT2D eigenvalue weighted by Gasteiger charge is -2.32. The Kier molecular flexibility index (Phi) is 12.4. The van der Waals surface area contributed by atoms with Crippen LogP contribution in [-0.4, -0.2) is 60.9 Å². The fourth-order valence-corrected chi connectivity index (χ4v) is 5.45. The molecular weight excluding hydrogens is 614 g/mol. The average molecular weight is 658 g/mol. The summed E-state index contributed by atoms with van der Waals surface area (Å²) in [6.07, 6.45) is -0.100. The van der Waals surface area contributed by atoms with E-state index in [4.69, 9.17) is 34.6 Å². The van der Waals surface area contributed by atoms with Gasteiger partial charge in [0, 0.05) is 36.5 Å². The molecule has 0 spiro atoms. The summed E-state index contributed by atoms with van der Waals surface area (Å²) in [7, 11) is 1.60. The number of nitrogens with zero attached hydrogens (tertiary/aromatic N) is 4. The summed E-state index contributed by atoms with van der Waals surface area (Å²) in [5.41, 5.74) is 9.57. The van der Waals surface area contributed by atoms with Crippen LogP contribution in [0.1, 0.15) is 68.4 Å². The molecule has 0 bridgehead atoms. The number of methoxy groups -OCH3 is 1. The van der Waals surface area contributed by atoms with Gasteiger partial charge in [0.25, 0.3) is 5.91 Å². The molecule has 0 saturated heterocycles. The molecule has 0 fully saturated rings. The lowest BCUT2D eigenvalue weighted by molar-refractivity contribution is -0.155. The number of para-hydroxylation sites is 1. The second-order valence-electron chi connectivity index (χ2n) is 12.3. The minimum Gasteiger partial charge on any atom is -0.496 e. The number of aliphatic imine (C=N–C) groups is 1. The van der Waals surface area contributed by atoms with E-state index in [0.29, 0.717) is 47.6 Å². The third-order valence-corrected chi connectivity index (χ3v) is 7.67.